The van der Waals surface area contributed by atoms with E-state index < -0.39 is 0 Å². The summed E-state index contributed by atoms with van der Waals surface area (Å²) in [6.07, 6.45) is 2.27. The number of hydrazone groups is 1. The first-order valence-corrected chi connectivity index (χ1v) is 8.29. The van der Waals surface area contributed by atoms with Crippen molar-refractivity contribution in [1.82, 2.24) is 5.01 Å². The van der Waals surface area contributed by atoms with E-state index in [1.54, 1.807) is 11.3 Å². The molecule has 5 heteroatoms. The third-order valence-corrected chi connectivity index (χ3v) is 4.56. The summed E-state index contributed by atoms with van der Waals surface area (Å²) in [6.45, 7) is 0. The smallest absolute Gasteiger partial charge is 0.275 e. The summed E-state index contributed by atoms with van der Waals surface area (Å²) >= 11 is 1.51. The van der Waals surface area contributed by atoms with Crippen molar-refractivity contribution in [2.45, 2.75) is 12.5 Å². The van der Waals surface area contributed by atoms with Gasteiger partial charge in [0.05, 0.1) is 17.9 Å². The second-order valence-electron chi connectivity index (χ2n) is 5.32. The van der Waals surface area contributed by atoms with E-state index in [2.05, 4.69) is 5.10 Å². The Hall–Kier alpha value is -2.66. The molecule has 0 radical (unpaired) electrons. The Labute approximate surface area is 137 Å². The van der Waals surface area contributed by atoms with Crippen LogP contribution in [0, 0.1) is 0 Å². The van der Waals surface area contributed by atoms with Crippen LogP contribution in [0.3, 0.4) is 0 Å². The minimum absolute atomic E-state index is 0.0818. The lowest BCUT2D eigenvalue weighted by Crippen LogP contribution is -2.26. The predicted octanol–water partition coefficient (Wildman–Crippen LogP) is 4.33. The van der Waals surface area contributed by atoms with Crippen LogP contribution in [0.15, 0.2) is 75.1 Å². The zero-order valence-corrected chi connectivity index (χ0v) is 13.1. The lowest BCUT2D eigenvalue weighted by molar-refractivity contribution is 0.0712. The number of furan rings is 1. The van der Waals surface area contributed by atoms with Crippen LogP contribution in [0.25, 0.3) is 0 Å². The molecule has 4 rings (SSSR count). The monoisotopic (exact) mass is 322 g/mol. The zero-order chi connectivity index (χ0) is 15.6. The van der Waals surface area contributed by atoms with Crippen molar-refractivity contribution in [2.24, 2.45) is 5.10 Å². The molecule has 0 fully saturated rings. The Morgan fingerprint density at radius 1 is 1.17 bits per heavy atom. The van der Waals surface area contributed by atoms with Crippen molar-refractivity contribution in [3.8, 4) is 0 Å². The fourth-order valence-corrected chi connectivity index (χ4v) is 3.37. The number of hydrogen-bond donors (Lipinski definition) is 0. The number of hydrogen-bond acceptors (Lipinski definition) is 4. The molecule has 0 N–H and O–H groups in total. The van der Waals surface area contributed by atoms with Gasteiger partial charge in [0.1, 0.15) is 11.5 Å². The summed E-state index contributed by atoms with van der Waals surface area (Å²) in [7, 11) is 0. The highest BCUT2D eigenvalue weighted by Gasteiger charge is 2.34. The normalized spacial score (nSPS) is 17.3. The molecule has 3 aromatic rings. The van der Waals surface area contributed by atoms with Crippen LogP contribution in [0.2, 0.25) is 0 Å². The largest absolute Gasteiger partial charge is 0.463 e. The van der Waals surface area contributed by atoms with Crippen LogP contribution in [-0.2, 0) is 0 Å². The third-order valence-electron chi connectivity index (χ3n) is 3.88. The summed E-state index contributed by atoms with van der Waals surface area (Å²) in [5.41, 5.74) is 2.54. The van der Waals surface area contributed by atoms with Crippen molar-refractivity contribution in [3.63, 3.8) is 0 Å². The van der Waals surface area contributed by atoms with Crippen molar-refractivity contribution >= 4 is 23.0 Å². The van der Waals surface area contributed by atoms with Gasteiger partial charge in [-0.1, -0.05) is 30.3 Å². The summed E-state index contributed by atoms with van der Waals surface area (Å²) in [5.74, 6) is 0.633. The van der Waals surface area contributed by atoms with Gasteiger partial charge in [-0.05, 0) is 29.1 Å². The molecule has 1 aromatic carbocycles. The highest BCUT2D eigenvalue weighted by atomic mass is 32.1. The maximum Gasteiger partial charge on any atom is 0.275 e. The molecule has 1 atom stereocenters. The maximum absolute atomic E-state index is 12.8. The van der Waals surface area contributed by atoms with Gasteiger partial charge in [-0.15, -0.1) is 0 Å². The fraction of sp³-hybridized carbons (Fsp3) is 0.111. The molecule has 1 aliphatic heterocycles. The molecule has 4 nitrogen and oxygen atoms in total. The molecule has 1 amide bonds. The topological polar surface area (TPSA) is 45.8 Å². The van der Waals surface area contributed by atoms with Crippen LogP contribution in [0.1, 0.15) is 34.1 Å². The number of benzene rings is 1. The molecule has 0 spiro atoms. The standard InChI is InChI=1S/C18H14N2O2S/c21-18(14-8-10-23-12-14)20-16(13-5-2-1-3-6-13)11-15(19-20)17-7-4-9-22-17/h1-10,12,16H,11H2/t16-/m1/s1. The molecule has 23 heavy (non-hydrogen) atoms. The first-order chi connectivity index (χ1) is 11.3. The number of carbonyl (C=O) groups excluding carboxylic acids is 1. The highest BCUT2D eigenvalue weighted by Crippen LogP contribution is 2.34. The van der Waals surface area contributed by atoms with Crippen LogP contribution >= 0.6 is 11.3 Å². The number of rotatable bonds is 3. The van der Waals surface area contributed by atoms with Crippen molar-refractivity contribution in [2.75, 3.05) is 0 Å². The minimum atomic E-state index is -0.108. The van der Waals surface area contributed by atoms with Crippen LogP contribution in [0.4, 0.5) is 0 Å². The Morgan fingerprint density at radius 2 is 2.04 bits per heavy atom. The van der Waals surface area contributed by atoms with Gasteiger partial charge in [0.15, 0.2) is 0 Å². The lowest BCUT2D eigenvalue weighted by atomic mass is 10.0. The van der Waals surface area contributed by atoms with Gasteiger partial charge in [-0.3, -0.25) is 4.79 Å². The fourth-order valence-electron chi connectivity index (χ4n) is 2.74. The first-order valence-electron chi connectivity index (χ1n) is 7.35. The molecule has 0 unspecified atom stereocenters. The van der Waals surface area contributed by atoms with Gasteiger partial charge in [0.2, 0.25) is 0 Å². The average Bonchev–Trinajstić information content (AvgIpc) is 3.35. The van der Waals surface area contributed by atoms with Gasteiger partial charge < -0.3 is 4.42 Å². The predicted molar refractivity (Wildman–Crippen MR) is 89.5 cm³/mol. The van der Waals surface area contributed by atoms with E-state index in [9.17, 15) is 4.79 Å². The third kappa shape index (κ3) is 2.59. The molecule has 0 saturated carbocycles. The quantitative estimate of drug-likeness (QED) is 0.720. The second kappa shape index (κ2) is 5.85. The molecular weight excluding hydrogens is 308 g/mol. The van der Waals surface area contributed by atoms with Crippen molar-refractivity contribution in [1.29, 1.82) is 0 Å². The average molecular weight is 322 g/mol. The molecule has 2 aromatic heterocycles. The minimum Gasteiger partial charge on any atom is -0.463 e. The van der Waals surface area contributed by atoms with Crippen molar-refractivity contribution < 1.29 is 9.21 Å². The zero-order valence-electron chi connectivity index (χ0n) is 12.3. The summed E-state index contributed by atoms with van der Waals surface area (Å²) in [6, 6.07) is 15.4. The van der Waals surface area contributed by atoms with Crippen molar-refractivity contribution in [3.05, 3.63) is 82.4 Å². The van der Waals surface area contributed by atoms with E-state index in [1.165, 1.54) is 11.3 Å². The summed E-state index contributed by atoms with van der Waals surface area (Å²) in [5, 5.41) is 9.89. The Morgan fingerprint density at radius 3 is 2.74 bits per heavy atom. The second-order valence-corrected chi connectivity index (χ2v) is 6.10. The van der Waals surface area contributed by atoms with Gasteiger partial charge in [-0.2, -0.15) is 16.4 Å². The number of nitrogens with zero attached hydrogens (tertiary/aromatic N) is 2. The van der Waals surface area contributed by atoms with Gasteiger partial charge in [-0.25, -0.2) is 5.01 Å². The molecule has 0 saturated heterocycles. The summed E-state index contributed by atoms with van der Waals surface area (Å²) in [4.78, 5) is 12.8. The van der Waals surface area contributed by atoms with E-state index in [0.29, 0.717) is 17.7 Å². The lowest BCUT2D eigenvalue weighted by Gasteiger charge is -2.21. The SMILES string of the molecule is O=C(c1ccsc1)N1N=C(c2ccco2)C[C@@H]1c1ccccc1. The van der Waals surface area contributed by atoms with E-state index in [1.807, 2.05) is 59.3 Å². The molecule has 3 heterocycles. The van der Waals surface area contributed by atoms with Gasteiger partial charge in [0, 0.05) is 11.8 Å². The maximum atomic E-state index is 12.8. The molecule has 0 aliphatic carbocycles. The molecule has 1 aliphatic rings. The van der Waals surface area contributed by atoms with Crippen LogP contribution in [-0.4, -0.2) is 16.6 Å². The van der Waals surface area contributed by atoms with Crippen LogP contribution in [0.5, 0.6) is 0 Å². The molecule has 114 valence electrons. The summed E-state index contributed by atoms with van der Waals surface area (Å²) < 4.78 is 5.45. The Bertz CT molecular complexity index is 823. The van der Waals surface area contributed by atoms with E-state index in [-0.39, 0.29) is 11.9 Å². The Kier molecular flexibility index (Phi) is 3.55. The Balaban J connectivity index is 1.72. The molecule has 0 bridgehead atoms. The van der Waals surface area contributed by atoms with Crippen LogP contribution < -0.4 is 0 Å². The molecular formula is C18H14N2O2S. The number of carbonyl (C=O) groups is 1. The van der Waals surface area contributed by atoms with E-state index in [4.69, 9.17) is 4.42 Å². The van der Waals surface area contributed by atoms with Gasteiger partial charge >= 0.3 is 0 Å². The highest BCUT2D eigenvalue weighted by molar-refractivity contribution is 7.08. The van der Waals surface area contributed by atoms with E-state index >= 15 is 0 Å². The van der Waals surface area contributed by atoms with Gasteiger partial charge in [0.25, 0.3) is 5.91 Å². The van der Waals surface area contributed by atoms with E-state index in [0.717, 1.165) is 11.3 Å². The number of thiophene rings is 1. The first kappa shape index (κ1) is 14.0. The number of amides is 1.